The maximum Gasteiger partial charge on any atom is 0.125 e. The van der Waals surface area contributed by atoms with E-state index in [0.717, 1.165) is 12.2 Å². The van der Waals surface area contributed by atoms with Crippen LogP contribution in [0.1, 0.15) is 18.1 Å². The summed E-state index contributed by atoms with van der Waals surface area (Å²) in [6.07, 6.45) is 1.43. The summed E-state index contributed by atoms with van der Waals surface area (Å²) in [6.45, 7) is 4.20. The molecule has 1 nitrogen and oxygen atoms in total. The lowest BCUT2D eigenvalue weighted by molar-refractivity contribution is 0.253. The van der Waals surface area contributed by atoms with E-state index in [4.69, 9.17) is 4.74 Å². The van der Waals surface area contributed by atoms with Crippen LogP contribution in [0.5, 0.6) is 5.75 Å². The molecule has 11 heavy (non-hydrogen) atoms. The van der Waals surface area contributed by atoms with E-state index in [2.05, 4.69) is 32.0 Å². The van der Waals surface area contributed by atoms with Gasteiger partial charge in [0.1, 0.15) is 11.9 Å². The first-order valence-corrected chi connectivity index (χ1v) is 4.02. The van der Waals surface area contributed by atoms with Gasteiger partial charge in [0.2, 0.25) is 0 Å². The molecule has 0 saturated carbocycles. The first kappa shape index (κ1) is 6.71. The van der Waals surface area contributed by atoms with Crippen LogP contribution in [0.25, 0.3) is 0 Å². The third-order valence-electron chi connectivity index (χ3n) is 2.12. The van der Waals surface area contributed by atoms with Crippen molar-refractivity contribution in [3.8, 4) is 5.75 Å². The van der Waals surface area contributed by atoms with Gasteiger partial charge in [-0.05, 0) is 25.0 Å². The molecular weight excluding hydrogens is 136 g/mol. The molecule has 1 heterocycles. The van der Waals surface area contributed by atoms with Crippen molar-refractivity contribution in [1.82, 2.24) is 0 Å². The van der Waals surface area contributed by atoms with Crippen LogP contribution in [0.3, 0.4) is 0 Å². The van der Waals surface area contributed by atoms with Crippen molar-refractivity contribution in [2.45, 2.75) is 26.4 Å². The molecule has 1 atom stereocenters. The van der Waals surface area contributed by atoms with Crippen LogP contribution in [0.2, 0.25) is 0 Å². The van der Waals surface area contributed by atoms with Crippen molar-refractivity contribution >= 4 is 0 Å². The molecule has 58 valence electrons. The van der Waals surface area contributed by atoms with Crippen molar-refractivity contribution in [2.24, 2.45) is 0 Å². The molecule has 1 aliphatic rings. The smallest absolute Gasteiger partial charge is 0.125 e. The highest BCUT2D eigenvalue weighted by molar-refractivity contribution is 5.43. The van der Waals surface area contributed by atoms with Crippen LogP contribution in [0, 0.1) is 6.92 Å². The van der Waals surface area contributed by atoms with Crippen LogP contribution >= 0.6 is 0 Å². The fraction of sp³-hybridized carbons (Fsp3) is 0.400. The second-order valence-corrected chi connectivity index (χ2v) is 3.20. The summed E-state index contributed by atoms with van der Waals surface area (Å²) in [6, 6.07) is 6.33. The Hall–Kier alpha value is -0.980. The quantitative estimate of drug-likeness (QED) is 0.548. The molecule has 0 fully saturated rings. The molecule has 1 heteroatoms. The van der Waals surface area contributed by atoms with Gasteiger partial charge >= 0.3 is 0 Å². The van der Waals surface area contributed by atoms with Crippen LogP contribution < -0.4 is 4.74 Å². The molecule has 1 aromatic carbocycles. The summed E-state index contributed by atoms with van der Waals surface area (Å²) in [5.74, 6) is 1.11. The topological polar surface area (TPSA) is 9.23 Å². The van der Waals surface area contributed by atoms with Crippen LogP contribution in [0.15, 0.2) is 18.2 Å². The Morgan fingerprint density at radius 1 is 1.45 bits per heavy atom. The van der Waals surface area contributed by atoms with Gasteiger partial charge in [-0.3, -0.25) is 0 Å². The minimum absolute atomic E-state index is 0.367. The Labute approximate surface area is 67.0 Å². The average Bonchev–Trinajstić information content (AvgIpc) is 2.31. The zero-order valence-corrected chi connectivity index (χ0v) is 6.92. The lowest BCUT2D eigenvalue weighted by atomic mass is 10.1. The van der Waals surface area contributed by atoms with E-state index in [0.29, 0.717) is 6.10 Å². The van der Waals surface area contributed by atoms with Gasteiger partial charge in [0.05, 0.1) is 0 Å². The highest BCUT2D eigenvalue weighted by Crippen LogP contribution is 2.31. The Morgan fingerprint density at radius 3 is 3.00 bits per heavy atom. The number of aryl methyl sites for hydroxylation is 1. The number of para-hydroxylation sites is 1. The largest absolute Gasteiger partial charge is 0.490 e. The number of hydrogen-bond donors (Lipinski definition) is 0. The first-order chi connectivity index (χ1) is 5.27. The van der Waals surface area contributed by atoms with Crippen LogP contribution in [-0.4, -0.2) is 6.10 Å². The van der Waals surface area contributed by atoms with Crippen LogP contribution in [0.4, 0.5) is 0 Å². The second-order valence-electron chi connectivity index (χ2n) is 3.20. The van der Waals surface area contributed by atoms with E-state index < -0.39 is 0 Å². The lowest BCUT2D eigenvalue weighted by Gasteiger charge is -2.04. The number of fused-ring (bicyclic) bond motifs is 1. The number of rotatable bonds is 0. The molecule has 0 aliphatic carbocycles. The van der Waals surface area contributed by atoms with E-state index in [1.807, 2.05) is 0 Å². The SMILES string of the molecule is Cc1cccc2c1O[C@H](C)C2. The van der Waals surface area contributed by atoms with Gasteiger partial charge in [-0.2, -0.15) is 0 Å². The molecule has 0 radical (unpaired) electrons. The third kappa shape index (κ3) is 1.01. The zero-order valence-electron chi connectivity index (χ0n) is 6.92. The molecule has 0 bridgehead atoms. The fourth-order valence-corrected chi connectivity index (χ4v) is 1.60. The molecule has 0 amide bonds. The Morgan fingerprint density at radius 2 is 2.27 bits per heavy atom. The van der Waals surface area contributed by atoms with Crippen LogP contribution in [-0.2, 0) is 6.42 Å². The molecule has 0 N–H and O–H groups in total. The molecular formula is C10H12O. The number of benzene rings is 1. The second kappa shape index (κ2) is 2.26. The zero-order chi connectivity index (χ0) is 7.84. The maximum absolute atomic E-state index is 5.64. The Kier molecular flexibility index (Phi) is 1.38. The summed E-state index contributed by atoms with van der Waals surface area (Å²) in [7, 11) is 0. The summed E-state index contributed by atoms with van der Waals surface area (Å²) in [5, 5.41) is 0. The fourth-order valence-electron chi connectivity index (χ4n) is 1.60. The van der Waals surface area contributed by atoms with Crippen molar-refractivity contribution < 1.29 is 4.74 Å². The predicted molar refractivity (Wildman–Crippen MR) is 45.0 cm³/mol. The Bertz CT molecular complexity index is 278. The van der Waals surface area contributed by atoms with E-state index in [1.165, 1.54) is 11.1 Å². The van der Waals surface area contributed by atoms with Gasteiger partial charge in [-0.25, -0.2) is 0 Å². The minimum Gasteiger partial charge on any atom is -0.490 e. The van der Waals surface area contributed by atoms with Gasteiger partial charge in [0.15, 0.2) is 0 Å². The highest BCUT2D eigenvalue weighted by Gasteiger charge is 2.19. The van der Waals surface area contributed by atoms with Gasteiger partial charge < -0.3 is 4.74 Å². The van der Waals surface area contributed by atoms with Gasteiger partial charge in [0, 0.05) is 6.42 Å². The van der Waals surface area contributed by atoms with Crippen molar-refractivity contribution in [3.05, 3.63) is 29.3 Å². The van der Waals surface area contributed by atoms with E-state index >= 15 is 0 Å². The molecule has 1 aromatic rings. The highest BCUT2D eigenvalue weighted by atomic mass is 16.5. The monoisotopic (exact) mass is 148 g/mol. The summed E-state index contributed by atoms with van der Waals surface area (Å²) in [4.78, 5) is 0. The summed E-state index contributed by atoms with van der Waals surface area (Å²) in [5.41, 5.74) is 2.62. The number of ether oxygens (including phenoxy) is 1. The summed E-state index contributed by atoms with van der Waals surface area (Å²) < 4.78 is 5.64. The number of hydrogen-bond acceptors (Lipinski definition) is 1. The molecule has 0 spiro atoms. The van der Waals surface area contributed by atoms with Crippen molar-refractivity contribution in [2.75, 3.05) is 0 Å². The summed E-state index contributed by atoms with van der Waals surface area (Å²) >= 11 is 0. The standard InChI is InChI=1S/C10H12O/c1-7-4-3-5-9-6-8(2)11-10(7)9/h3-5,8H,6H2,1-2H3/t8-/m1/s1. The molecule has 0 saturated heterocycles. The minimum atomic E-state index is 0.367. The van der Waals surface area contributed by atoms with Crippen molar-refractivity contribution in [3.63, 3.8) is 0 Å². The molecule has 0 unspecified atom stereocenters. The third-order valence-corrected chi connectivity index (χ3v) is 2.12. The first-order valence-electron chi connectivity index (χ1n) is 4.02. The molecule has 1 aliphatic heterocycles. The molecule has 0 aromatic heterocycles. The average molecular weight is 148 g/mol. The predicted octanol–water partition coefficient (Wildman–Crippen LogP) is 2.32. The Balaban J connectivity index is 2.49. The van der Waals surface area contributed by atoms with E-state index in [-0.39, 0.29) is 0 Å². The lowest BCUT2D eigenvalue weighted by Crippen LogP contribution is -2.05. The van der Waals surface area contributed by atoms with Gasteiger partial charge in [0.25, 0.3) is 0 Å². The van der Waals surface area contributed by atoms with Gasteiger partial charge in [-0.1, -0.05) is 18.2 Å². The van der Waals surface area contributed by atoms with E-state index in [1.54, 1.807) is 0 Å². The normalized spacial score (nSPS) is 21.1. The van der Waals surface area contributed by atoms with Crippen molar-refractivity contribution in [1.29, 1.82) is 0 Å². The molecule has 2 rings (SSSR count). The van der Waals surface area contributed by atoms with E-state index in [9.17, 15) is 0 Å². The van der Waals surface area contributed by atoms with Gasteiger partial charge in [-0.15, -0.1) is 0 Å². The maximum atomic E-state index is 5.64.